The van der Waals surface area contributed by atoms with Crippen molar-refractivity contribution in [2.75, 3.05) is 26.7 Å². The molecule has 8 heteroatoms. The first kappa shape index (κ1) is 18.9. The highest BCUT2D eigenvalue weighted by molar-refractivity contribution is 7.88. The first-order valence-corrected chi connectivity index (χ1v) is 8.42. The first-order chi connectivity index (χ1) is 9.92. The quantitative estimate of drug-likeness (QED) is 0.822. The Morgan fingerprint density at radius 3 is 2.82 bits per heavy atom. The van der Waals surface area contributed by atoms with E-state index in [0.717, 1.165) is 0 Å². The first-order valence-electron chi connectivity index (χ1n) is 6.81. The fraction of sp³-hybridized carbons (Fsp3) is 0.500. The van der Waals surface area contributed by atoms with Crippen molar-refractivity contribution in [2.45, 2.75) is 18.7 Å². The summed E-state index contributed by atoms with van der Waals surface area (Å²) in [5.41, 5.74) is 0.947. The van der Waals surface area contributed by atoms with Gasteiger partial charge in [0.15, 0.2) is 0 Å². The maximum Gasteiger partial charge on any atom is 0.337 e. The summed E-state index contributed by atoms with van der Waals surface area (Å²) in [4.78, 5) is 11.5. The summed E-state index contributed by atoms with van der Waals surface area (Å²) in [7, 11) is -2.08. The van der Waals surface area contributed by atoms with Crippen molar-refractivity contribution in [3.05, 3.63) is 35.4 Å². The van der Waals surface area contributed by atoms with Crippen LogP contribution in [0.5, 0.6) is 0 Å². The number of nitrogens with one attached hydrogen (secondary N) is 1. The van der Waals surface area contributed by atoms with Crippen LogP contribution in [-0.4, -0.2) is 51.5 Å². The molecule has 6 nitrogen and oxygen atoms in total. The third-order valence-corrected chi connectivity index (χ3v) is 5.24. The van der Waals surface area contributed by atoms with Crippen LogP contribution in [0.15, 0.2) is 24.3 Å². The molecular formula is C14H21ClN2O4S. The molecule has 22 heavy (non-hydrogen) atoms. The number of sulfonamides is 1. The molecule has 1 aliphatic rings. The van der Waals surface area contributed by atoms with Crippen LogP contribution < -0.4 is 5.32 Å². The highest BCUT2D eigenvalue weighted by Gasteiger charge is 2.27. The van der Waals surface area contributed by atoms with Gasteiger partial charge in [0.2, 0.25) is 10.0 Å². The van der Waals surface area contributed by atoms with Crippen molar-refractivity contribution in [1.82, 2.24) is 9.62 Å². The zero-order valence-corrected chi connectivity index (χ0v) is 14.2. The van der Waals surface area contributed by atoms with Gasteiger partial charge in [-0.1, -0.05) is 12.1 Å². The number of nitrogens with zero attached hydrogens (tertiary/aromatic N) is 1. The average molecular weight is 349 g/mol. The van der Waals surface area contributed by atoms with Crippen molar-refractivity contribution in [2.24, 2.45) is 0 Å². The predicted octanol–water partition coefficient (Wildman–Crippen LogP) is 1.02. The van der Waals surface area contributed by atoms with Crippen LogP contribution in [-0.2, 0) is 20.5 Å². The largest absolute Gasteiger partial charge is 0.465 e. The van der Waals surface area contributed by atoms with E-state index in [0.29, 0.717) is 30.8 Å². The molecule has 0 radical (unpaired) electrons. The lowest BCUT2D eigenvalue weighted by Gasteiger charge is -2.31. The lowest BCUT2D eigenvalue weighted by atomic mass is 10.1. The number of methoxy groups -OCH3 is 1. The number of hydrogen-bond donors (Lipinski definition) is 1. The molecule has 0 bridgehead atoms. The number of carbonyl (C=O) groups is 1. The van der Waals surface area contributed by atoms with Gasteiger partial charge in [-0.25, -0.2) is 13.2 Å². The van der Waals surface area contributed by atoms with Gasteiger partial charge in [-0.3, -0.25) is 0 Å². The summed E-state index contributed by atoms with van der Waals surface area (Å²) in [6.07, 6.45) is 0. The van der Waals surface area contributed by atoms with E-state index in [-0.39, 0.29) is 24.2 Å². The number of hydrogen-bond acceptors (Lipinski definition) is 5. The highest BCUT2D eigenvalue weighted by atomic mass is 35.5. The monoisotopic (exact) mass is 348 g/mol. The fourth-order valence-electron chi connectivity index (χ4n) is 2.36. The summed E-state index contributed by atoms with van der Waals surface area (Å²) in [5.74, 6) is -0.574. The smallest absolute Gasteiger partial charge is 0.337 e. The minimum absolute atomic E-state index is 0. The second kappa shape index (κ2) is 7.92. The van der Waals surface area contributed by atoms with Crippen LogP contribution in [0.2, 0.25) is 0 Å². The Morgan fingerprint density at radius 2 is 2.18 bits per heavy atom. The van der Waals surface area contributed by atoms with Gasteiger partial charge in [0, 0.05) is 25.7 Å². The normalized spacial score (nSPS) is 19.3. The van der Waals surface area contributed by atoms with Crippen LogP contribution in [0.3, 0.4) is 0 Å². The maximum atomic E-state index is 12.4. The number of carbonyl (C=O) groups excluding carboxylic acids is 1. The molecular weight excluding hydrogens is 328 g/mol. The van der Waals surface area contributed by atoms with Crippen LogP contribution in [0.25, 0.3) is 0 Å². The summed E-state index contributed by atoms with van der Waals surface area (Å²) >= 11 is 0. The van der Waals surface area contributed by atoms with Crippen LogP contribution in [0, 0.1) is 0 Å². The summed E-state index contributed by atoms with van der Waals surface area (Å²) < 4.78 is 31.0. The van der Waals surface area contributed by atoms with Crippen molar-refractivity contribution in [3.63, 3.8) is 0 Å². The Balaban J connectivity index is 0.00000242. The Labute approximate surface area is 137 Å². The van der Waals surface area contributed by atoms with E-state index in [4.69, 9.17) is 0 Å². The number of benzene rings is 1. The van der Waals surface area contributed by atoms with Crippen LogP contribution >= 0.6 is 12.4 Å². The van der Waals surface area contributed by atoms with Gasteiger partial charge in [0.05, 0.1) is 18.4 Å². The number of halogens is 1. The van der Waals surface area contributed by atoms with Crippen molar-refractivity contribution in [3.8, 4) is 0 Å². The molecule has 1 aliphatic heterocycles. The third-order valence-electron chi connectivity index (χ3n) is 3.42. The summed E-state index contributed by atoms with van der Waals surface area (Å²) in [5, 5.41) is 3.21. The zero-order valence-electron chi connectivity index (χ0n) is 12.6. The van der Waals surface area contributed by atoms with E-state index >= 15 is 0 Å². The van der Waals surface area contributed by atoms with Crippen molar-refractivity contribution < 1.29 is 17.9 Å². The zero-order chi connectivity index (χ0) is 15.5. The lowest BCUT2D eigenvalue weighted by molar-refractivity contribution is 0.0600. The Hall–Kier alpha value is -1.15. The van der Waals surface area contributed by atoms with Gasteiger partial charge >= 0.3 is 5.97 Å². The molecule has 1 aromatic rings. The number of piperazine rings is 1. The number of esters is 1. The average Bonchev–Trinajstić information content (AvgIpc) is 2.46. The third kappa shape index (κ3) is 4.67. The molecule has 0 unspecified atom stereocenters. The minimum atomic E-state index is -3.38. The second-order valence-electron chi connectivity index (χ2n) is 5.16. The molecule has 1 aromatic carbocycles. The molecule has 0 aromatic heterocycles. The van der Waals surface area contributed by atoms with Gasteiger partial charge in [0.25, 0.3) is 0 Å². The van der Waals surface area contributed by atoms with E-state index in [1.54, 1.807) is 24.3 Å². The van der Waals surface area contributed by atoms with E-state index < -0.39 is 16.0 Å². The molecule has 1 N–H and O–H groups in total. The molecule has 0 aliphatic carbocycles. The van der Waals surface area contributed by atoms with E-state index in [1.165, 1.54) is 11.4 Å². The molecule has 1 atom stereocenters. The van der Waals surface area contributed by atoms with Crippen LogP contribution in [0.4, 0.5) is 0 Å². The fourth-order valence-corrected chi connectivity index (χ4v) is 3.96. The Kier molecular flexibility index (Phi) is 6.80. The Bertz CT molecular complexity index is 621. The molecule has 0 saturated carbocycles. The van der Waals surface area contributed by atoms with Crippen molar-refractivity contribution >= 4 is 28.4 Å². The molecule has 1 saturated heterocycles. The van der Waals surface area contributed by atoms with Crippen molar-refractivity contribution in [1.29, 1.82) is 0 Å². The highest BCUT2D eigenvalue weighted by Crippen LogP contribution is 2.15. The van der Waals surface area contributed by atoms with E-state index in [2.05, 4.69) is 10.1 Å². The van der Waals surface area contributed by atoms with Gasteiger partial charge < -0.3 is 10.1 Å². The summed E-state index contributed by atoms with van der Waals surface area (Å²) in [6, 6.07) is 6.69. The topological polar surface area (TPSA) is 75.7 Å². The SMILES string of the molecule is COC(=O)c1cccc(CS(=O)(=O)N2CCN[C@H](C)C2)c1.Cl. The van der Waals surface area contributed by atoms with E-state index in [1.807, 2.05) is 6.92 Å². The maximum absolute atomic E-state index is 12.4. The molecule has 1 heterocycles. The van der Waals surface area contributed by atoms with Gasteiger partial charge in [-0.05, 0) is 24.6 Å². The molecule has 0 spiro atoms. The van der Waals surface area contributed by atoms with E-state index in [9.17, 15) is 13.2 Å². The van der Waals surface area contributed by atoms with Gasteiger partial charge in [-0.2, -0.15) is 4.31 Å². The molecule has 2 rings (SSSR count). The Morgan fingerprint density at radius 1 is 1.45 bits per heavy atom. The second-order valence-corrected chi connectivity index (χ2v) is 7.13. The minimum Gasteiger partial charge on any atom is -0.465 e. The van der Waals surface area contributed by atoms with Gasteiger partial charge in [-0.15, -0.1) is 12.4 Å². The summed E-state index contributed by atoms with van der Waals surface area (Å²) in [6.45, 7) is 3.56. The number of rotatable bonds is 4. The molecule has 0 amide bonds. The van der Waals surface area contributed by atoms with Crippen LogP contribution in [0.1, 0.15) is 22.8 Å². The molecule has 1 fully saturated rings. The van der Waals surface area contributed by atoms with Gasteiger partial charge in [0.1, 0.15) is 0 Å². The molecule has 124 valence electrons. The standard InChI is InChI=1S/C14H20N2O4S.ClH/c1-11-9-16(7-6-15-11)21(18,19)10-12-4-3-5-13(8-12)14(17)20-2;/h3-5,8,11,15H,6-7,9-10H2,1-2H3;1H/t11-;/m1./s1. The predicted molar refractivity (Wildman–Crippen MR) is 86.7 cm³/mol. The lowest BCUT2D eigenvalue weighted by Crippen LogP contribution is -2.51. The number of ether oxygens (including phenoxy) is 1.